The number of hydrazone groups is 1. The number of hydrogen-bond donors (Lipinski definition) is 1. The molecule has 156 valence electrons. The van der Waals surface area contributed by atoms with Gasteiger partial charge in [-0.3, -0.25) is 4.79 Å². The summed E-state index contributed by atoms with van der Waals surface area (Å²) < 4.78 is 46.0. The van der Waals surface area contributed by atoms with Crippen LogP contribution in [0.2, 0.25) is 0 Å². The summed E-state index contributed by atoms with van der Waals surface area (Å²) in [5.41, 5.74) is -0.613. The van der Waals surface area contributed by atoms with Crippen molar-refractivity contribution in [2.75, 3.05) is 6.61 Å². The van der Waals surface area contributed by atoms with Crippen molar-refractivity contribution in [2.24, 2.45) is 11.0 Å². The van der Waals surface area contributed by atoms with Gasteiger partial charge < -0.3 is 9.84 Å². The number of hydrogen-bond acceptors (Lipinski definition) is 4. The molecular weight excluding hydrogens is 373 g/mol. The second-order valence-corrected chi connectivity index (χ2v) is 7.81. The van der Waals surface area contributed by atoms with Crippen LogP contribution < -0.4 is 4.74 Å². The lowest BCUT2D eigenvalue weighted by Crippen LogP contribution is -2.57. The molecule has 1 aliphatic heterocycles. The third kappa shape index (κ3) is 4.66. The molecule has 0 aromatic heterocycles. The first-order chi connectivity index (χ1) is 12.8. The van der Waals surface area contributed by atoms with Crippen LogP contribution in [-0.2, 0) is 4.79 Å². The van der Waals surface area contributed by atoms with Crippen molar-refractivity contribution >= 4 is 11.6 Å². The number of carbonyl (C=O) groups is 1. The Hall–Kier alpha value is -2.09. The van der Waals surface area contributed by atoms with Gasteiger partial charge in [-0.05, 0) is 50.7 Å². The Balaban J connectivity index is 2.20. The van der Waals surface area contributed by atoms with E-state index in [1.54, 1.807) is 13.8 Å². The lowest BCUT2D eigenvalue weighted by molar-refractivity contribution is -0.302. The molecule has 1 aromatic carbocycles. The number of carbonyl (C=O) groups excluding carboxylic acids is 1. The predicted octanol–water partition coefficient (Wildman–Crippen LogP) is 4.27. The Bertz CT molecular complexity index is 751. The van der Waals surface area contributed by atoms with Crippen LogP contribution in [0.5, 0.6) is 5.75 Å². The van der Waals surface area contributed by atoms with E-state index < -0.39 is 30.8 Å². The monoisotopic (exact) mass is 400 g/mol. The Kier molecular flexibility index (Phi) is 6.43. The SMILES string of the molecule is Cc1cc(C)c(OCC(=O)N2N=C(CCC(C)C)C[C@]2(O)C(F)(F)F)c(C)c1. The molecule has 1 atom stereocenters. The van der Waals surface area contributed by atoms with Gasteiger partial charge in [0.2, 0.25) is 0 Å². The number of aryl methyl sites for hydroxylation is 3. The van der Waals surface area contributed by atoms with Crippen molar-refractivity contribution in [3.8, 4) is 5.75 Å². The summed E-state index contributed by atoms with van der Waals surface area (Å²) in [5, 5.41) is 14.2. The molecule has 1 heterocycles. The van der Waals surface area contributed by atoms with Crippen LogP contribution in [-0.4, -0.2) is 40.2 Å². The summed E-state index contributed by atoms with van der Waals surface area (Å²) in [7, 11) is 0. The maximum atomic E-state index is 13.5. The third-order valence-corrected chi connectivity index (χ3v) is 4.69. The molecule has 1 N–H and O–H groups in total. The first-order valence-corrected chi connectivity index (χ1v) is 9.24. The van der Waals surface area contributed by atoms with Gasteiger partial charge in [0.1, 0.15) is 5.75 Å². The molecule has 1 aliphatic rings. The van der Waals surface area contributed by atoms with E-state index in [2.05, 4.69) is 5.10 Å². The molecule has 28 heavy (non-hydrogen) atoms. The molecule has 8 heteroatoms. The molecule has 0 saturated heterocycles. The highest BCUT2D eigenvalue weighted by atomic mass is 19.4. The highest BCUT2D eigenvalue weighted by molar-refractivity contribution is 5.91. The quantitative estimate of drug-likeness (QED) is 0.776. The molecule has 0 aliphatic carbocycles. The number of ether oxygens (including phenoxy) is 1. The van der Waals surface area contributed by atoms with Gasteiger partial charge >= 0.3 is 6.18 Å². The minimum absolute atomic E-state index is 0.140. The van der Waals surface area contributed by atoms with E-state index in [1.165, 1.54) is 0 Å². The minimum Gasteiger partial charge on any atom is -0.483 e. The number of nitrogens with zero attached hydrogens (tertiary/aromatic N) is 2. The standard InChI is InChI=1S/C20H27F3N2O3/c1-12(2)6-7-16-10-19(27,20(21,22)23)25(24-16)17(26)11-28-18-14(4)8-13(3)9-15(18)5/h8-9,12,27H,6-7,10-11H2,1-5H3/t19-/m0/s1. The molecular formula is C20H27F3N2O3. The first-order valence-electron chi connectivity index (χ1n) is 9.24. The van der Waals surface area contributed by atoms with Crippen LogP contribution in [0.4, 0.5) is 13.2 Å². The van der Waals surface area contributed by atoms with Gasteiger partial charge in [-0.2, -0.15) is 23.3 Å². The number of alkyl halides is 3. The zero-order valence-corrected chi connectivity index (χ0v) is 16.9. The highest BCUT2D eigenvalue weighted by Gasteiger charge is 2.63. The average Bonchev–Trinajstić information content (AvgIpc) is 2.90. The maximum Gasteiger partial charge on any atom is 0.438 e. The van der Waals surface area contributed by atoms with Crippen LogP contribution in [0.3, 0.4) is 0 Å². The van der Waals surface area contributed by atoms with Crippen LogP contribution >= 0.6 is 0 Å². The van der Waals surface area contributed by atoms with E-state index in [-0.39, 0.29) is 23.1 Å². The van der Waals surface area contributed by atoms with Crippen molar-refractivity contribution in [2.45, 2.75) is 65.8 Å². The van der Waals surface area contributed by atoms with Crippen LogP contribution in [0.1, 0.15) is 49.8 Å². The number of amides is 1. The van der Waals surface area contributed by atoms with Gasteiger partial charge in [-0.1, -0.05) is 31.5 Å². The van der Waals surface area contributed by atoms with Gasteiger partial charge in [0.15, 0.2) is 6.61 Å². The van der Waals surface area contributed by atoms with Crippen molar-refractivity contribution in [1.29, 1.82) is 0 Å². The van der Waals surface area contributed by atoms with Crippen molar-refractivity contribution < 1.29 is 27.8 Å². The fraction of sp³-hybridized carbons (Fsp3) is 0.600. The molecule has 2 rings (SSSR count). The lowest BCUT2D eigenvalue weighted by Gasteiger charge is -2.32. The number of aliphatic hydroxyl groups is 1. The smallest absolute Gasteiger partial charge is 0.438 e. The van der Waals surface area contributed by atoms with Crippen molar-refractivity contribution in [3.05, 3.63) is 28.8 Å². The lowest BCUT2D eigenvalue weighted by atomic mass is 9.99. The fourth-order valence-electron chi connectivity index (χ4n) is 3.28. The number of benzene rings is 1. The van der Waals surface area contributed by atoms with E-state index in [9.17, 15) is 23.1 Å². The molecule has 0 saturated carbocycles. The van der Waals surface area contributed by atoms with Gasteiger partial charge in [0, 0.05) is 12.1 Å². The summed E-state index contributed by atoms with van der Waals surface area (Å²) in [4.78, 5) is 12.5. The summed E-state index contributed by atoms with van der Waals surface area (Å²) in [6.07, 6.45) is -4.86. The molecule has 0 spiro atoms. The third-order valence-electron chi connectivity index (χ3n) is 4.69. The van der Waals surface area contributed by atoms with E-state index in [4.69, 9.17) is 4.74 Å². The van der Waals surface area contributed by atoms with Gasteiger partial charge in [0.25, 0.3) is 11.6 Å². The Morgan fingerprint density at radius 3 is 2.36 bits per heavy atom. The number of rotatable bonds is 6. The van der Waals surface area contributed by atoms with Crippen molar-refractivity contribution in [3.63, 3.8) is 0 Å². The maximum absolute atomic E-state index is 13.5. The number of halogens is 3. The topological polar surface area (TPSA) is 62.1 Å². The minimum atomic E-state index is -5.03. The Morgan fingerprint density at radius 1 is 1.29 bits per heavy atom. The Morgan fingerprint density at radius 2 is 1.86 bits per heavy atom. The van der Waals surface area contributed by atoms with E-state index in [0.29, 0.717) is 12.2 Å². The molecule has 1 aromatic rings. The normalized spacial score (nSPS) is 19.9. The van der Waals surface area contributed by atoms with Crippen LogP contribution in [0.15, 0.2) is 17.2 Å². The van der Waals surface area contributed by atoms with Gasteiger partial charge in [-0.15, -0.1) is 0 Å². The second-order valence-electron chi connectivity index (χ2n) is 7.81. The van der Waals surface area contributed by atoms with Gasteiger partial charge in [0.05, 0.1) is 0 Å². The molecule has 0 radical (unpaired) electrons. The first kappa shape index (κ1) is 22.2. The second kappa shape index (κ2) is 8.11. The fourth-order valence-corrected chi connectivity index (χ4v) is 3.28. The molecule has 1 amide bonds. The van der Waals surface area contributed by atoms with Gasteiger partial charge in [-0.25, -0.2) is 0 Å². The Labute approximate surface area is 163 Å². The highest BCUT2D eigenvalue weighted by Crippen LogP contribution is 2.41. The summed E-state index contributed by atoms with van der Waals surface area (Å²) in [5.74, 6) is -0.335. The molecule has 0 bridgehead atoms. The largest absolute Gasteiger partial charge is 0.483 e. The van der Waals surface area contributed by atoms with E-state index in [1.807, 2.05) is 32.9 Å². The zero-order valence-electron chi connectivity index (χ0n) is 16.9. The molecule has 0 fully saturated rings. The van der Waals surface area contributed by atoms with Crippen LogP contribution in [0, 0.1) is 26.7 Å². The zero-order chi connectivity index (χ0) is 21.3. The molecule has 0 unspecified atom stereocenters. The van der Waals surface area contributed by atoms with Crippen molar-refractivity contribution in [1.82, 2.24) is 5.01 Å². The van der Waals surface area contributed by atoms with E-state index in [0.717, 1.165) is 16.7 Å². The predicted molar refractivity (Wildman–Crippen MR) is 100 cm³/mol. The summed E-state index contributed by atoms with van der Waals surface area (Å²) in [6.45, 7) is 8.73. The summed E-state index contributed by atoms with van der Waals surface area (Å²) >= 11 is 0. The molecule has 5 nitrogen and oxygen atoms in total. The van der Waals surface area contributed by atoms with E-state index >= 15 is 0 Å². The summed E-state index contributed by atoms with van der Waals surface area (Å²) in [6, 6.07) is 3.72. The van der Waals surface area contributed by atoms with Crippen LogP contribution in [0.25, 0.3) is 0 Å². The average molecular weight is 400 g/mol.